The van der Waals surface area contributed by atoms with E-state index in [1.54, 1.807) is 12.1 Å². The van der Waals surface area contributed by atoms with E-state index in [0.29, 0.717) is 11.4 Å². The van der Waals surface area contributed by atoms with Crippen molar-refractivity contribution >= 4 is 23.4 Å². The maximum Gasteiger partial charge on any atom is 0.278 e. The second kappa shape index (κ2) is 6.28. The summed E-state index contributed by atoms with van der Waals surface area (Å²) in [4.78, 5) is 36.2. The van der Waals surface area contributed by atoms with Crippen molar-refractivity contribution in [2.75, 3.05) is 11.9 Å². The van der Waals surface area contributed by atoms with Gasteiger partial charge in [0.2, 0.25) is 5.91 Å². The average Bonchev–Trinajstić information content (AvgIpc) is 2.45. The smallest absolute Gasteiger partial charge is 0.278 e. The molecule has 1 aliphatic heterocycles. The lowest BCUT2D eigenvalue weighted by atomic mass is 10.0. The SMILES string of the molecule is Cc1ccc2c(c1)NC(=O)C(C)(C(=O)NCC(=O)NC(C)C)O2. The summed E-state index contributed by atoms with van der Waals surface area (Å²) in [6, 6.07) is 5.26. The quantitative estimate of drug-likeness (QED) is 0.713. The summed E-state index contributed by atoms with van der Waals surface area (Å²) < 4.78 is 5.61. The molecule has 0 aromatic heterocycles. The number of hydrogen-bond donors (Lipinski definition) is 3. The molecule has 1 aromatic rings. The van der Waals surface area contributed by atoms with Gasteiger partial charge in [-0.1, -0.05) is 6.07 Å². The Balaban J connectivity index is 2.09. The highest BCUT2D eigenvalue weighted by atomic mass is 16.5. The van der Waals surface area contributed by atoms with Crippen LogP contribution in [0.15, 0.2) is 18.2 Å². The average molecular weight is 319 g/mol. The van der Waals surface area contributed by atoms with Crippen molar-refractivity contribution in [2.45, 2.75) is 39.3 Å². The van der Waals surface area contributed by atoms with Gasteiger partial charge in [0.15, 0.2) is 0 Å². The van der Waals surface area contributed by atoms with E-state index in [2.05, 4.69) is 16.0 Å². The third-order valence-electron chi connectivity index (χ3n) is 3.42. The fourth-order valence-electron chi connectivity index (χ4n) is 2.19. The Morgan fingerprint density at radius 1 is 1.35 bits per heavy atom. The summed E-state index contributed by atoms with van der Waals surface area (Å²) in [5.74, 6) is -1.15. The molecule has 7 nitrogen and oxygen atoms in total. The fourth-order valence-corrected chi connectivity index (χ4v) is 2.19. The van der Waals surface area contributed by atoms with Crippen LogP contribution in [0.1, 0.15) is 26.3 Å². The number of anilines is 1. The Morgan fingerprint density at radius 3 is 2.70 bits per heavy atom. The molecular formula is C16H21N3O4. The summed E-state index contributed by atoms with van der Waals surface area (Å²) in [5.41, 5.74) is -0.232. The van der Waals surface area contributed by atoms with E-state index in [4.69, 9.17) is 4.74 Å². The van der Waals surface area contributed by atoms with Crippen LogP contribution in [-0.2, 0) is 14.4 Å². The van der Waals surface area contributed by atoms with Crippen molar-refractivity contribution in [1.82, 2.24) is 10.6 Å². The molecule has 23 heavy (non-hydrogen) atoms. The number of hydrogen-bond acceptors (Lipinski definition) is 4. The Morgan fingerprint density at radius 2 is 2.04 bits per heavy atom. The zero-order valence-electron chi connectivity index (χ0n) is 13.6. The molecule has 3 N–H and O–H groups in total. The number of nitrogens with one attached hydrogen (secondary N) is 3. The fraction of sp³-hybridized carbons (Fsp3) is 0.438. The Kier molecular flexibility index (Phi) is 4.58. The molecular weight excluding hydrogens is 298 g/mol. The van der Waals surface area contributed by atoms with Crippen molar-refractivity contribution in [3.8, 4) is 5.75 Å². The first kappa shape index (κ1) is 16.8. The molecule has 1 atom stereocenters. The Labute approximate surface area is 134 Å². The van der Waals surface area contributed by atoms with Gasteiger partial charge in [0, 0.05) is 6.04 Å². The van der Waals surface area contributed by atoms with Gasteiger partial charge in [0.25, 0.3) is 17.4 Å². The van der Waals surface area contributed by atoms with Crippen molar-refractivity contribution in [3.05, 3.63) is 23.8 Å². The summed E-state index contributed by atoms with van der Waals surface area (Å²) in [6.45, 7) is 6.68. The molecule has 124 valence electrons. The number of aryl methyl sites for hydroxylation is 1. The van der Waals surface area contributed by atoms with Gasteiger partial charge in [-0.3, -0.25) is 14.4 Å². The zero-order chi connectivity index (χ0) is 17.2. The Hall–Kier alpha value is -2.57. The molecule has 1 heterocycles. The van der Waals surface area contributed by atoms with Crippen LogP contribution in [0.5, 0.6) is 5.75 Å². The van der Waals surface area contributed by atoms with Gasteiger partial charge < -0.3 is 20.7 Å². The lowest BCUT2D eigenvalue weighted by molar-refractivity contribution is -0.147. The molecule has 1 aliphatic rings. The largest absolute Gasteiger partial charge is 0.466 e. The molecule has 0 saturated carbocycles. The van der Waals surface area contributed by atoms with E-state index in [-0.39, 0.29) is 18.5 Å². The molecule has 0 aliphatic carbocycles. The van der Waals surface area contributed by atoms with Crippen LogP contribution < -0.4 is 20.7 Å². The summed E-state index contributed by atoms with van der Waals surface area (Å²) in [5, 5.41) is 7.75. The first-order chi connectivity index (χ1) is 10.7. The van der Waals surface area contributed by atoms with Crippen molar-refractivity contribution in [3.63, 3.8) is 0 Å². The molecule has 1 unspecified atom stereocenters. The number of carbonyl (C=O) groups is 3. The Bertz CT molecular complexity index is 657. The second-order valence-corrected chi connectivity index (χ2v) is 5.99. The lowest BCUT2D eigenvalue weighted by Gasteiger charge is -2.33. The van der Waals surface area contributed by atoms with E-state index >= 15 is 0 Å². The third-order valence-corrected chi connectivity index (χ3v) is 3.42. The molecule has 0 spiro atoms. The standard InChI is InChI=1S/C16H21N3O4/c1-9(2)18-13(20)8-17-14(21)16(4)15(22)19-11-7-10(3)5-6-12(11)23-16/h5-7,9H,8H2,1-4H3,(H,17,21)(H,18,20)(H,19,22). The van der Waals surface area contributed by atoms with E-state index < -0.39 is 17.4 Å². The van der Waals surface area contributed by atoms with E-state index in [1.165, 1.54) is 6.92 Å². The highest BCUT2D eigenvalue weighted by molar-refractivity contribution is 6.15. The summed E-state index contributed by atoms with van der Waals surface area (Å²) in [7, 11) is 0. The molecule has 0 bridgehead atoms. The van der Waals surface area contributed by atoms with Crippen LogP contribution in [0.3, 0.4) is 0 Å². The second-order valence-electron chi connectivity index (χ2n) is 5.99. The van der Waals surface area contributed by atoms with Crippen LogP contribution in [0, 0.1) is 6.92 Å². The number of benzene rings is 1. The van der Waals surface area contributed by atoms with Crippen molar-refractivity contribution in [1.29, 1.82) is 0 Å². The summed E-state index contributed by atoms with van der Waals surface area (Å²) >= 11 is 0. The predicted octanol–water partition coefficient (Wildman–Crippen LogP) is 0.725. The topological polar surface area (TPSA) is 96.5 Å². The maximum atomic E-state index is 12.3. The van der Waals surface area contributed by atoms with E-state index in [0.717, 1.165) is 5.56 Å². The highest BCUT2D eigenvalue weighted by Gasteiger charge is 2.47. The third kappa shape index (κ3) is 3.61. The van der Waals surface area contributed by atoms with Gasteiger partial charge in [-0.15, -0.1) is 0 Å². The monoisotopic (exact) mass is 319 g/mol. The predicted molar refractivity (Wildman–Crippen MR) is 85.1 cm³/mol. The molecule has 7 heteroatoms. The van der Waals surface area contributed by atoms with Crippen LogP contribution >= 0.6 is 0 Å². The number of fused-ring (bicyclic) bond motifs is 1. The minimum absolute atomic E-state index is 0.0284. The molecule has 0 fully saturated rings. The molecule has 1 aromatic carbocycles. The zero-order valence-corrected chi connectivity index (χ0v) is 13.6. The van der Waals surface area contributed by atoms with Crippen molar-refractivity contribution in [2.24, 2.45) is 0 Å². The highest BCUT2D eigenvalue weighted by Crippen LogP contribution is 2.34. The first-order valence-electron chi connectivity index (χ1n) is 7.41. The van der Waals surface area contributed by atoms with Gasteiger partial charge in [-0.05, 0) is 45.4 Å². The van der Waals surface area contributed by atoms with Gasteiger partial charge in [0.1, 0.15) is 5.75 Å². The minimum atomic E-state index is -1.72. The van der Waals surface area contributed by atoms with E-state index in [1.807, 2.05) is 26.8 Å². The number of carbonyl (C=O) groups excluding carboxylic acids is 3. The number of amides is 3. The lowest BCUT2D eigenvalue weighted by Crippen LogP contribution is -2.59. The first-order valence-corrected chi connectivity index (χ1v) is 7.41. The molecule has 3 amide bonds. The maximum absolute atomic E-state index is 12.3. The van der Waals surface area contributed by atoms with Crippen LogP contribution in [0.2, 0.25) is 0 Å². The van der Waals surface area contributed by atoms with Gasteiger partial charge in [0.05, 0.1) is 12.2 Å². The van der Waals surface area contributed by atoms with Crippen LogP contribution in [0.4, 0.5) is 5.69 Å². The number of rotatable bonds is 4. The van der Waals surface area contributed by atoms with E-state index in [9.17, 15) is 14.4 Å². The van der Waals surface area contributed by atoms with Gasteiger partial charge in [-0.2, -0.15) is 0 Å². The molecule has 2 rings (SSSR count). The van der Waals surface area contributed by atoms with Crippen LogP contribution in [-0.4, -0.2) is 35.9 Å². The molecule has 0 radical (unpaired) electrons. The van der Waals surface area contributed by atoms with Crippen LogP contribution in [0.25, 0.3) is 0 Å². The minimum Gasteiger partial charge on any atom is -0.466 e. The number of ether oxygens (including phenoxy) is 1. The normalized spacial score (nSPS) is 19.4. The molecule has 0 saturated heterocycles. The van der Waals surface area contributed by atoms with Gasteiger partial charge in [-0.25, -0.2) is 0 Å². The summed E-state index contributed by atoms with van der Waals surface area (Å²) in [6.07, 6.45) is 0. The van der Waals surface area contributed by atoms with Gasteiger partial charge >= 0.3 is 0 Å². The van der Waals surface area contributed by atoms with Crippen molar-refractivity contribution < 1.29 is 19.1 Å².